The molecule has 0 saturated heterocycles. The SMILES string of the molecule is COC(=O)CCC[C@H](NC(=O)c1ccc(F)cc1)C(=O)O. The van der Waals surface area contributed by atoms with Crippen LogP contribution < -0.4 is 5.32 Å². The Morgan fingerprint density at radius 2 is 1.90 bits per heavy atom. The smallest absolute Gasteiger partial charge is 0.326 e. The van der Waals surface area contributed by atoms with Crippen molar-refractivity contribution < 1.29 is 28.6 Å². The van der Waals surface area contributed by atoms with Crippen molar-refractivity contribution in [3.05, 3.63) is 35.6 Å². The molecule has 1 aromatic rings. The summed E-state index contributed by atoms with van der Waals surface area (Å²) >= 11 is 0. The number of halogens is 1. The predicted octanol–water partition coefficient (Wildman–Crippen LogP) is 1.35. The molecule has 1 atom stereocenters. The van der Waals surface area contributed by atoms with Gasteiger partial charge in [0.2, 0.25) is 0 Å². The molecule has 0 bridgehead atoms. The lowest BCUT2D eigenvalue weighted by molar-refractivity contribution is -0.142. The van der Waals surface area contributed by atoms with Gasteiger partial charge in [-0.1, -0.05) is 0 Å². The van der Waals surface area contributed by atoms with Gasteiger partial charge in [-0.05, 0) is 37.1 Å². The molecule has 0 aliphatic heterocycles. The van der Waals surface area contributed by atoms with Crippen LogP contribution in [0.2, 0.25) is 0 Å². The van der Waals surface area contributed by atoms with Crippen molar-refractivity contribution in [2.24, 2.45) is 0 Å². The quantitative estimate of drug-likeness (QED) is 0.741. The second-order valence-corrected chi connectivity index (χ2v) is 4.34. The van der Waals surface area contributed by atoms with Crippen LogP contribution in [-0.4, -0.2) is 36.1 Å². The normalized spacial score (nSPS) is 11.5. The first kappa shape index (κ1) is 16.6. The van der Waals surface area contributed by atoms with Gasteiger partial charge < -0.3 is 15.2 Å². The highest BCUT2D eigenvalue weighted by atomic mass is 19.1. The number of carbonyl (C=O) groups is 3. The first-order chi connectivity index (χ1) is 9.93. The predicted molar refractivity (Wildman–Crippen MR) is 71.2 cm³/mol. The number of hydrogen-bond donors (Lipinski definition) is 2. The van der Waals surface area contributed by atoms with E-state index >= 15 is 0 Å². The van der Waals surface area contributed by atoms with Gasteiger partial charge in [0.15, 0.2) is 0 Å². The van der Waals surface area contributed by atoms with Crippen LogP contribution in [0.4, 0.5) is 4.39 Å². The van der Waals surface area contributed by atoms with Crippen molar-refractivity contribution in [3.63, 3.8) is 0 Å². The van der Waals surface area contributed by atoms with E-state index in [9.17, 15) is 18.8 Å². The molecule has 6 nitrogen and oxygen atoms in total. The molecule has 0 spiro atoms. The van der Waals surface area contributed by atoms with Gasteiger partial charge in [0.05, 0.1) is 7.11 Å². The van der Waals surface area contributed by atoms with Crippen LogP contribution >= 0.6 is 0 Å². The van der Waals surface area contributed by atoms with E-state index in [1.165, 1.54) is 19.2 Å². The van der Waals surface area contributed by atoms with E-state index in [1.807, 2.05) is 0 Å². The Kier molecular flexibility index (Phi) is 6.32. The van der Waals surface area contributed by atoms with Gasteiger partial charge in [-0.2, -0.15) is 0 Å². The van der Waals surface area contributed by atoms with Crippen molar-refractivity contribution in [1.82, 2.24) is 5.32 Å². The number of nitrogens with one attached hydrogen (secondary N) is 1. The average Bonchev–Trinajstić information content (AvgIpc) is 2.46. The van der Waals surface area contributed by atoms with Crippen molar-refractivity contribution in [3.8, 4) is 0 Å². The van der Waals surface area contributed by atoms with Crippen molar-refractivity contribution >= 4 is 17.8 Å². The molecule has 21 heavy (non-hydrogen) atoms. The number of hydrogen-bond acceptors (Lipinski definition) is 4. The fourth-order valence-electron chi connectivity index (χ4n) is 1.65. The van der Waals surface area contributed by atoms with E-state index in [-0.39, 0.29) is 24.8 Å². The molecule has 0 aromatic heterocycles. The van der Waals surface area contributed by atoms with Gasteiger partial charge in [-0.15, -0.1) is 0 Å². The fourth-order valence-corrected chi connectivity index (χ4v) is 1.65. The first-order valence-corrected chi connectivity index (χ1v) is 6.30. The van der Waals surface area contributed by atoms with Crippen LogP contribution in [0.3, 0.4) is 0 Å². The number of ether oxygens (including phenoxy) is 1. The number of carboxylic acids is 1. The molecule has 0 saturated carbocycles. The van der Waals surface area contributed by atoms with Crippen LogP contribution in [0, 0.1) is 5.82 Å². The molecule has 0 aliphatic carbocycles. The molecule has 0 unspecified atom stereocenters. The van der Waals surface area contributed by atoms with Gasteiger partial charge in [-0.25, -0.2) is 9.18 Å². The summed E-state index contributed by atoms with van der Waals surface area (Å²) in [6, 6.07) is 3.63. The number of benzene rings is 1. The van der Waals surface area contributed by atoms with Crippen LogP contribution in [0.25, 0.3) is 0 Å². The summed E-state index contributed by atoms with van der Waals surface area (Å²) in [5, 5.41) is 11.4. The standard InChI is InChI=1S/C14H16FNO5/c1-21-12(17)4-2-3-11(14(19)20)16-13(18)9-5-7-10(15)8-6-9/h5-8,11H,2-4H2,1H3,(H,16,18)(H,19,20)/t11-/m0/s1. The number of carboxylic acid groups (broad SMARTS) is 1. The molecule has 0 heterocycles. The Balaban J connectivity index is 2.57. The van der Waals surface area contributed by atoms with Crippen molar-refractivity contribution in [1.29, 1.82) is 0 Å². The van der Waals surface area contributed by atoms with Gasteiger partial charge in [0.25, 0.3) is 5.91 Å². The number of amides is 1. The Bertz CT molecular complexity index is 515. The largest absolute Gasteiger partial charge is 0.480 e. The number of rotatable bonds is 7. The third-order valence-corrected chi connectivity index (χ3v) is 2.81. The maximum absolute atomic E-state index is 12.7. The zero-order chi connectivity index (χ0) is 15.8. The van der Waals surface area contributed by atoms with E-state index in [0.29, 0.717) is 0 Å². The minimum atomic E-state index is -1.20. The van der Waals surface area contributed by atoms with Crippen LogP contribution in [-0.2, 0) is 14.3 Å². The molecule has 7 heteroatoms. The van der Waals surface area contributed by atoms with Crippen LogP contribution in [0.15, 0.2) is 24.3 Å². The average molecular weight is 297 g/mol. The second kappa shape index (κ2) is 7.98. The fraction of sp³-hybridized carbons (Fsp3) is 0.357. The molecular formula is C14H16FNO5. The van der Waals surface area contributed by atoms with Gasteiger partial charge in [0.1, 0.15) is 11.9 Å². The summed E-state index contributed by atoms with van der Waals surface area (Å²) in [6.45, 7) is 0. The number of aliphatic carboxylic acids is 1. The number of carbonyl (C=O) groups excluding carboxylic acids is 2. The highest BCUT2D eigenvalue weighted by Crippen LogP contribution is 2.06. The second-order valence-electron chi connectivity index (χ2n) is 4.34. The van der Waals surface area contributed by atoms with Gasteiger partial charge in [0, 0.05) is 12.0 Å². The Morgan fingerprint density at radius 1 is 1.29 bits per heavy atom. The lowest BCUT2D eigenvalue weighted by atomic mass is 10.1. The van der Waals surface area contributed by atoms with E-state index in [2.05, 4.69) is 10.1 Å². The molecule has 1 aromatic carbocycles. The molecule has 0 radical (unpaired) electrons. The van der Waals surface area contributed by atoms with Crippen molar-refractivity contribution in [2.75, 3.05) is 7.11 Å². The summed E-state index contributed by atoms with van der Waals surface area (Å²) in [4.78, 5) is 33.9. The maximum Gasteiger partial charge on any atom is 0.326 e. The molecule has 1 amide bonds. The first-order valence-electron chi connectivity index (χ1n) is 6.30. The van der Waals surface area contributed by atoms with Crippen molar-refractivity contribution in [2.45, 2.75) is 25.3 Å². The van der Waals surface area contributed by atoms with E-state index in [0.717, 1.165) is 12.1 Å². The maximum atomic E-state index is 12.7. The summed E-state index contributed by atoms with van der Waals surface area (Å²) < 4.78 is 17.2. The van der Waals surface area contributed by atoms with Gasteiger partial charge in [-0.3, -0.25) is 9.59 Å². The summed E-state index contributed by atoms with van der Waals surface area (Å²) in [5.41, 5.74) is 0.163. The lowest BCUT2D eigenvalue weighted by Gasteiger charge is -2.14. The highest BCUT2D eigenvalue weighted by Gasteiger charge is 2.20. The van der Waals surface area contributed by atoms with Crippen LogP contribution in [0.5, 0.6) is 0 Å². The zero-order valence-electron chi connectivity index (χ0n) is 11.5. The van der Waals surface area contributed by atoms with E-state index in [1.54, 1.807) is 0 Å². The Morgan fingerprint density at radius 3 is 2.43 bits per heavy atom. The molecule has 0 fully saturated rings. The minimum absolute atomic E-state index is 0.0761. The topological polar surface area (TPSA) is 92.7 Å². The molecule has 1 rings (SSSR count). The highest BCUT2D eigenvalue weighted by molar-refractivity contribution is 5.96. The summed E-state index contributed by atoms with van der Waals surface area (Å²) in [5.74, 6) is -2.74. The number of methoxy groups -OCH3 is 1. The van der Waals surface area contributed by atoms with Gasteiger partial charge >= 0.3 is 11.9 Å². The Labute approximate surface area is 120 Å². The summed E-state index contributed by atoms with van der Waals surface area (Å²) in [6.07, 6.45) is 0.442. The third-order valence-electron chi connectivity index (χ3n) is 2.81. The van der Waals surface area contributed by atoms with E-state index in [4.69, 9.17) is 5.11 Å². The molecule has 114 valence electrons. The molecule has 0 aliphatic rings. The molecule has 2 N–H and O–H groups in total. The minimum Gasteiger partial charge on any atom is -0.480 e. The lowest BCUT2D eigenvalue weighted by Crippen LogP contribution is -2.40. The summed E-state index contributed by atoms with van der Waals surface area (Å²) in [7, 11) is 1.24. The molecular weight excluding hydrogens is 281 g/mol. The third kappa shape index (κ3) is 5.60. The van der Waals surface area contributed by atoms with Crippen LogP contribution in [0.1, 0.15) is 29.6 Å². The van der Waals surface area contributed by atoms with E-state index < -0.39 is 29.7 Å². The Hall–Kier alpha value is -2.44. The number of esters is 1. The zero-order valence-corrected chi connectivity index (χ0v) is 11.5. The monoisotopic (exact) mass is 297 g/mol.